The van der Waals surface area contributed by atoms with Gasteiger partial charge in [0.2, 0.25) is 10.9 Å². The molecule has 0 amide bonds. The highest BCUT2D eigenvalue weighted by atomic mass is 19.1. The molecule has 2 fully saturated rings. The van der Waals surface area contributed by atoms with E-state index in [-0.39, 0.29) is 33.7 Å². The number of rotatable bonds is 13. The van der Waals surface area contributed by atoms with E-state index in [1.807, 2.05) is 23.6 Å². The average molecular weight is 723 g/mol. The van der Waals surface area contributed by atoms with Crippen LogP contribution in [0.15, 0.2) is 34.1 Å². The molecule has 4 aromatic heterocycles. The molecule has 0 bridgehead atoms. The van der Waals surface area contributed by atoms with Gasteiger partial charge in [-0.05, 0) is 51.9 Å². The maximum atomic E-state index is 15.2. The second-order valence-electron chi connectivity index (χ2n) is 13.3. The molecule has 14 nitrogen and oxygen atoms in total. The minimum absolute atomic E-state index is 0.0387. The van der Waals surface area contributed by atoms with Gasteiger partial charge < -0.3 is 29.1 Å². The van der Waals surface area contributed by atoms with Crippen LogP contribution in [0.3, 0.4) is 0 Å². The van der Waals surface area contributed by atoms with Gasteiger partial charge >= 0.3 is 11.9 Å². The fraction of sp³-hybridized carbons (Fsp3) is 0.500. The van der Waals surface area contributed by atoms with Crippen molar-refractivity contribution in [3.05, 3.63) is 67.7 Å². The Morgan fingerprint density at radius 2 is 1.00 bits per heavy atom. The first-order valence-electron chi connectivity index (χ1n) is 17.9. The molecule has 278 valence electrons. The van der Waals surface area contributed by atoms with E-state index >= 15 is 8.78 Å². The van der Waals surface area contributed by atoms with Gasteiger partial charge in [-0.3, -0.25) is 19.4 Å². The number of anilines is 2. The number of carbonyl (C=O) groups is 2. The van der Waals surface area contributed by atoms with E-state index in [9.17, 15) is 29.4 Å². The molecule has 2 aliphatic rings. The molecule has 6 rings (SSSR count). The number of halogens is 2. The summed E-state index contributed by atoms with van der Waals surface area (Å²) < 4.78 is 33.5. The van der Waals surface area contributed by atoms with Crippen molar-refractivity contribution in [3.8, 4) is 0 Å². The number of piperazine rings is 2. The number of hydrogen-bond acceptors (Lipinski definition) is 10. The summed E-state index contributed by atoms with van der Waals surface area (Å²) in [5.74, 6) is -3.63. The molecule has 4 aromatic rings. The van der Waals surface area contributed by atoms with Crippen LogP contribution in [0.1, 0.15) is 60.2 Å². The molecule has 0 unspecified atom stereocenters. The SMILES string of the molecule is CCn1cc(C(=O)O)c(=O)c2cc(F)c(N3CCN(CCCCCCN4CCN(c5nc6c(cc5F)c(=O)c(C(=O)O)cn6CC)CC4)CC3)nc21. The van der Waals surface area contributed by atoms with Crippen LogP contribution in [-0.4, -0.2) is 117 Å². The van der Waals surface area contributed by atoms with E-state index in [1.54, 1.807) is 9.13 Å². The Hall–Kier alpha value is -4.96. The van der Waals surface area contributed by atoms with Gasteiger partial charge in [0.1, 0.15) is 22.4 Å². The Bertz CT molecular complexity index is 1960. The Morgan fingerprint density at radius 3 is 1.33 bits per heavy atom. The highest BCUT2D eigenvalue weighted by molar-refractivity contribution is 5.93. The zero-order valence-corrected chi connectivity index (χ0v) is 29.5. The highest BCUT2D eigenvalue weighted by Gasteiger charge is 2.25. The number of unbranched alkanes of at least 4 members (excludes halogenated alkanes) is 3. The van der Waals surface area contributed by atoms with E-state index in [4.69, 9.17) is 0 Å². The Kier molecular flexibility index (Phi) is 11.1. The summed E-state index contributed by atoms with van der Waals surface area (Å²) in [6.45, 7) is 11.7. The lowest BCUT2D eigenvalue weighted by Crippen LogP contribution is -2.47. The van der Waals surface area contributed by atoms with E-state index < -0.39 is 45.6 Å². The van der Waals surface area contributed by atoms with Crippen molar-refractivity contribution in [2.45, 2.75) is 52.6 Å². The first-order valence-corrected chi connectivity index (χ1v) is 17.9. The first-order chi connectivity index (χ1) is 25.0. The summed E-state index contributed by atoms with van der Waals surface area (Å²) in [7, 11) is 0. The number of aryl methyl sites for hydroxylation is 2. The highest BCUT2D eigenvalue weighted by Crippen LogP contribution is 2.25. The summed E-state index contributed by atoms with van der Waals surface area (Å²) in [5.41, 5.74) is -1.74. The van der Waals surface area contributed by atoms with Gasteiger partial charge in [-0.1, -0.05) is 12.8 Å². The van der Waals surface area contributed by atoms with Crippen molar-refractivity contribution in [1.29, 1.82) is 0 Å². The van der Waals surface area contributed by atoms with Crippen molar-refractivity contribution >= 4 is 45.6 Å². The van der Waals surface area contributed by atoms with Crippen LogP contribution < -0.4 is 20.7 Å². The van der Waals surface area contributed by atoms with E-state index in [1.165, 1.54) is 12.4 Å². The number of aromatic nitrogens is 4. The van der Waals surface area contributed by atoms with Crippen LogP contribution in [0.25, 0.3) is 22.1 Å². The third-order valence-corrected chi connectivity index (χ3v) is 10.2. The quantitative estimate of drug-likeness (QED) is 0.195. The number of carboxylic acids is 2. The number of hydrogen-bond donors (Lipinski definition) is 2. The lowest BCUT2D eigenvalue weighted by atomic mass is 10.1. The third-order valence-electron chi connectivity index (χ3n) is 10.2. The molecule has 16 heteroatoms. The molecule has 0 radical (unpaired) electrons. The van der Waals surface area contributed by atoms with Crippen molar-refractivity contribution in [2.24, 2.45) is 0 Å². The molecule has 2 N–H and O–H groups in total. The second-order valence-corrected chi connectivity index (χ2v) is 13.3. The van der Waals surface area contributed by atoms with Crippen LogP contribution in [0.4, 0.5) is 20.4 Å². The number of aromatic carboxylic acids is 2. The minimum Gasteiger partial charge on any atom is -0.477 e. The zero-order valence-electron chi connectivity index (χ0n) is 29.5. The number of carboxylic acid groups (broad SMARTS) is 2. The summed E-state index contributed by atoms with van der Waals surface area (Å²) in [6, 6.07) is 2.22. The van der Waals surface area contributed by atoms with Crippen LogP contribution in [-0.2, 0) is 13.1 Å². The Morgan fingerprint density at radius 1 is 0.635 bits per heavy atom. The normalized spacial score (nSPS) is 15.9. The molecule has 2 aliphatic heterocycles. The predicted molar refractivity (Wildman–Crippen MR) is 193 cm³/mol. The molecule has 2 saturated heterocycles. The summed E-state index contributed by atoms with van der Waals surface area (Å²) >= 11 is 0. The van der Waals surface area contributed by atoms with Crippen LogP contribution in [0.5, 0.6) is 0 Å². The van der Waals surface area contributed by atoms with Gasteiger partial charge in [-0.15, -0.1) is 0 Å². The van der Waals surface area contributed by atoms with E-state index in [2.05, 4.69) is 19.8 Å². The Labute approximate surface area is 298 Å². The zero-order chi connectivity index (χ0) is 37.1. The van der Waals surface area contributed by atoms with Crippen molar-refractivity contribution < 1.29 is 28.6 Å². The number of pyridine rings is 4. The van der Waals surface area contributed by atoms with Gasteiger partial charge in [0.05, 0.1) is 10.8 Å². The van der Waals surface area contributed by atoms with E-state index in [0.29, 0.717) is 39.3 Å². The van der Waals surface area contributed by atoms with Gasteiger partial charge in [0, 0.05) is 77.8 Å². The number of fused-ring (bicyclic) bond motifs is 2. The molecule has 52 heavy (non-hydrogen) atoms. The smallest absolute Gasteiger partial charge is 0.341 e. The lowest BCUT2D eigenvalue weighted by Gasteiger charge is -2.36. The van der Waals surface area contributed by atoms with Crippen molar-refractivity contribution in [1.82, 2.24) is 28.9 Å². The van der Waals surface area contributed by atoms with Crippen molar-refractivity contribution in [2.75, 3.05) is 75.2 Å². The molecule has 0 spiro atoms. The molecular weight excluding hydrogens is 678 g/mol. The molecule has 0 atom stereocenters. The first kappa shape index (κ1) is 36.8. The summed E-state index contributed by atoms with van der Waals surface area (Å²) in [4.78, 5) is 65.8. The fourth-order valence-corrected chi connectivity index (χ4v) is 7.17. The standard InChI is InChI=1S/C36H44F2N8O6/c1-3-43-21-25(35(49)50)29(47)23-19-27(37)33(39-31(23)43)45-15-11-41(12-16-45)9-7-5-6-8-10-42-13-17-46(18-14-42)34-28(38)20-24-30(48)26(36(51)52)22-44(4-2)32(24)40-34/h19-22H,3-18H2,1-2H3,(H,49,50)(H,51,52). The van der Waals surface area contributed by atoms with Gasteiger partial charge in [0.15, 0.2) is 23.3 Å². The van der Waals surface area contributed by atoms with Crippen LogP contribution >= 0.6 is 0 Å². The van der Waals surface area contributed by atoms with Gasteiger partial charge in [-0.2, -0.15) is 0 Å². The molecule has 0 aliphatic carbocycles. The molecule has 0 aromatic carbocycles. The monoisotopic (exact) mass is 722 g/mol. The fourth-order valence-electron chi connectivity index (χ4n) is 7.17. The minimum atomic E-state index is -1.35. The predicted octanol–water partition coefficient (Wildman–Crippen LogP) is 3.33. The van der Waals surface area contributed by atoms with Gasteiger partial charge in [-0.25, -0.2) is 28.3 Å². The maximum Gasteiger partial charge on any atom is 0.341 e. The molecule has 0 saturated carbocycles. The second kappa shape index (κ2) is 15.7. The largest absolute Gasteiger partial charge is 0.477 e. The average Bonchev–Trinajstić information content (AvgIpc) is 3.13. The summed E-state index contributed by atoms with van der Waals surface area (Å²) in [5, 5.41) is 18.7. The lowest BCUT2D eigenvalue weighted by molar-refractivity contribution is 0.0684. The third kappa shape index (κ3) is 7.48. The maximum absolute atomic E-state index is 15.2. The van der Waals surface area contributed by atoms with Crippen LogP contribution in [0.2, 0.25) is 0 Å². The Balaban J connectivity index is 0.930. The molecule has 6 heterocycles. The topological polar surface area (TPSA) is 157 Å². The van der Waals surface area contributed by atoms with Crippen molar-refractivity contribution in [3.63, 3.8) is 0 Å². The van der Waals surface area contributed by atoms with Crippen LogP contribution in [0, 0.1) is 11.6 Å². The molecular formula is C36H44F2N8O6. The van der Waals surface area contributed by atoms with Gasteiger partial charge in [0.25, 0.3) is 0 Å². The number of nitrogens with zero attached hydrogens (tertiary/aromatic N) is 8. The summed E-state index contributed by atoms with van der Waals surface area (Å²) in [6.07, 6.45) is 6.81. The van der Waals surface area contributed by atoms with E-state index in [0.717, 1.165) is 77.1 Å².